The molecule has 0 spiro atoms. The molecule has 1 aromatic rings. The summed E-state index contributed by atoms with van der Waals surface area (Å²) >= 11 is 0. The number of halogens is 1. The highest BCUT2D eigenvalue weighted by Gasteiger charge is 2.26. The van der Waals surface area contributed by atoms with Gasteiger partial charge in [0.2, 0.25) is 0 Å². The average molecular weight is 272 g/mol. The van der Waals surface area contributed by atoms with Gasteiger partial charge >= 0.3 is 5.97 Å². The summed E-state index contributed by atoms with van der Waals surface area (Å²) < 4.78 is 30.0. The average Bonchev–Trinajstić information content (AvgIpc) is 2.26. The van der Waals surface area contributed by atoms with Crippen molar-refractivity contribution in [2.45, 2.75) is 43.4 Å². The van der Waals surface area contributed by atoms with E-state index in [0.29, 0.717) is 4.90 Å². The predicted octanol–water partition coefficient (Wildman–Crippen LogP) is 2.66. The number of carbonyl (C=O) groups excluding carboxylic acids is 1. The maximum atomic E-state index is 12.7. The molecule has 0 aromatic heterocycles. The van der Waals surface area contributed by atoms with Gasteiger partial charge < -0.3 is 4.74 Å². The van der Waals surface area contributed by atoms with Gasteiger partial charge in [0.05, 0.1) is 10.8 Å². The molecule has 1 aromatic carbocycles. The van der Waals surface area contributed by atoms with Crippen molar-refractivity contribution >= 4 is 16.8 Å². The fraction of sp³-hybridized carbons (Fsp3) is 0.462. The van der Waals surface area contributed by atoms with Gasteiger partial charge in [-0.2, -0.15) is 0 Å². The second kappa shape index (κ2) is 5.61. The zero-order valence-corrected chi connectivity index (χ0v) is 11.7. The van der Waals surface area contributed by atoms with Crippen molar-refractivity contribution in [3.05, 3.63) is 30.1 Å². The molecule has 0 aliphatic heterocycles. The van der Waals surface area contributed by atoms with E-state index in [1.807, 2.05) is 0 Å². The molecule has 0 fully saturated rings. The lowest BCUT2D eigenvalue weighted by atomic mass is 10.2. The zero-order chi connectivity index (χ0) is 13.9. The van der Waals surface area contributed by atoms with Crippen LogP contribution in [0.1, 0.15) is 27.7 Å². The van der Waals surface area contributed by atoms with E-state index in [1.54, 1.807) is 20.8 Å². The first-order valence-electron chi connectivity index (χ1n) is 5.60. The van der Waals surface area contributed by atoms with Gasteiger partial charge in [-0.1, -0.05) is 0 Å². The third-order valence-corrected chi connectivity index (χ3v) is 3.68. The highest BCUT2D eigenvalue weighted by molar-refractivity contribution is 7.86. The number of benzene rings is 1. The van der Waals surface area contributed by atoms with Crippen LogP contribution in [0.4, 0.5) is 4.39 Å². The number of hydrogen-bond donors (Lipinski definition) is 0. The number of rotatable bonds is 3. The molecular weight excluding hydrogens is 255 g/mol. The first-order valence-corrected chi connectivity index (χ1v) is 6.81. The lowest BCUT2D eigenvalue weighted by Crippen LogP contribution is -2.32. The van der Waals surface area contributed by atoms with Crippen molar-refractivity contribution in [3.63, 3.8) is 0 Å². The number of hydrogen-bond acceptors (Lipinski definition) is 3. The molecule has 100 valence electrons. The molecule has 0 aliphatic carbocycles. The first kappa shape index (κ1) is 14.8. The van der Waals surface area contributed by atoms with Gasteiger partial charge in [-0.3, -0.25) is 9.00 Å². The van der Waals surface area contributed by atoms with Gasteiger partial charge in [0.25, 0.3) is 0 Å². The smallest absolute Gasteiger partial charge is 0.322 e. The number of ether oxygens (including phenoxy) is 1. The third-order valence-electron chi connectivity index (χ3n) is 2.11. The van der Waals surface area contributed by atoms with Crippen molar-refractivity contribution in [2.75, 3.05) is 0 Å². The Morgan fingerprint density at radius 1 is 1.28 bits per heavy atom. The molecule has 0 radical (unpaired) electrons. The minimum atomic E-state index is -1.54. The molecule has 2 atom stereocenters. The van der Waals surface area contributed by atoms with Crippen LogP contribution in [-0.4, -0.2) is 21.0 Å². The number of esters is 1. The summed E-state index contributed by atoms with van der Waals surface area (Å²) in [5, 5.41) is -0.783. The molecule has 0 amide bonds. The molecule has 5 heteroatoms. The van der Waals surface area contributed by atoms with Crippen LogP contribution >= 0.6 is 0 Å². The monoisotopic (exact) mass is 272 g/mol. The van der Waals surface area contributed by atoms with Crippen LogP contribution in [0.15, 0.2) is 29.2 Å². The Labute approximate surface area is 109 Å². The summed E-state index contributed by atoms with van der Waals surface area (Å²) in [6, 6.07) is 5.25. The normalized spacial score (nSPS) is 14.9. The van der Waals surface area contributed by atoms with Crippen molar-refractivity contribution in [3.8, 4) is 0 Å². The van der Waals surface area contributed by atoms with E-state index in [2.05, 4.69) is 0 Å². The number of carbonyl (C=O) groups is 1. The Hall–Kier alpha value is -1.23. The van der Waals surface area contributed by atoms with Crippen molar-refractivity contribution < 1.29 is 18.1 Å². The SMILES string of the molecule is CC(C(=O)OC(C)(C)C)S(=O)c1ccc(F)cc1. The lowest BCUT2D eigenvalue weighted by Gasteiger charge is -2.21. The van der Waals surface area contributed by atoms with Crippen LogP contribution < -0.4 is 0 Å². The van der Waals surface area contributed by atoms with E-state index in [4.69, 9.17) is 4.74 Å². The molecule has 0 saturated heterocycles. The molecule has 0 heterocycles. The molecule has 0 aliphatic rings. The maximum absolute atomic E-state index is 12.7. The van der Waals surface area contributed by atoms with Crippen LogP contribution in [0.2, 0.25) is 0 Å². The minimum Gasteiger partial charge on any atom is -0.459 e. The van der Waals surface area contributed by atoms with E-state index < -0.39 is 33.4 Å². The molecule has 3 nitrogen and oxygen atoms in total. The Bertz CT molecular complexity index is 448. The lowest BCUT2D eigenvalue weighted by molar-refractivity contribution is -0.153. The summed E-state index contributed by atoms with van der Waals surface area (Å²) in [7, 11) is -1.54. The van der Waals surface area contributed by atoms with Gasteiger partial charge in [-0.05, 0) is 52.0 Å². The molecular formula is C13H17FO3S. The van der Waals surface area contributed by atoms with Gasteiger partial charge in [0.15, 0.2) is 0 Å². The van der Waals surface area contributed by atoms with Crippen LogP contribution in [-0.2, 0) is 20.3 Å². The Morgan fingerprint density at radius 3 is 2.22 bits per heavy atom. The van der Waals surface area contributed by atoms with Gasteiger partial charge in [-0.25, -0.2) is 4.39 Å². The molecule has 0 bridgehead atoms. The van der Waals surface area contributed by atoms with Crippen LogP contribution in [0.25, 0.3) is 0 Å². The first-order chi connectivity index (χ1) is 8.20. The largest absolute Gasteiger partial charge is 0.459 e. The highest BCUT2D eigenvalue weighted by atomic mass is 32.2. The third kappa shape index (κ3) is 4.22. The van der Waals surface area contributed by atoms with E-state index in [0.717, 1.165) is 0 Å². The topological polar surface area (TPSA) is 43.4 Å². The summed E-state index contributed by atoms with van der Waals surface area (Å²) in [5.41, 5.74) is -0.613. The Balaban J connectivity index is 2.78. The van der Waals surface area contributed by atoms with Crippen LogP contribution in [0, 0.1) is 5.82 Å². The quantitative estimate of drug-likeness (QED) is 0.795. The van der Waals surface area contributed by atoms with Crippen molar-refractivity contribution in [1.29, 1.82) is 0 Å². The fourth-order valence-corrected chi connectivity index (χ4v) is 2.28. The fourth-order valence-electron chi connectivity index (χ4n) is 1.24. The summed E-state index contributed by atoms with van der Waals surface area (Å²) in [5.74, 6) is -0.925. The summed E-state index contributed by atoms with van der Waals surface area (Å²) in [6.07, 6.45) is 0. The van der Waals surface area contributed by atoms with E-state index >= 15 is 0 Å². The molecule has 0 saturated carbocycles. The second-order valence-corrected chi connectivity index (χ2v) is 6.70. The predicted molar refractivity (Wildman–Crippen MR) is 68.1 cm³/mol. The van der Waals surface area contributed by atoms with Crippen LogP contribution in [0.5, 0.6) is 0 Å². The summed E-state index contributed by atoms with van der Waals surface area (Å²) in [6.45, 7) is 6.78. The van der Waals surface area contributed by atoms with Gasteiger partial charge in [-0.15, -0.1) is 0 Å². The molecule has 1 rings (SSSR count). The van der Waals surface area contributed by atoms with E-state index in [1.165, 1.54) is 31.2 Å². The highest BCUT2D eigenvalue weighted by Crippen LogP contribution is 2.16. The molecule has 0 N–H and O–H groups in total. The zero-order valence-electron chi connectivity index (χ0n) is 10.9. The molecule has 18 heavy (non-hydrogen) atoms. The van der Waals surface area contributed by atoms with Crippen LogP contribution in [0.3, 0.4) is 0 Å². The van der Waals surface area contributed by atoms with Crippen molar-refractivity contribution in [2.24, 2.45) is 0 Å². The van der Waals surface area contributed by atoms with E-state index in [-0.39, 0.29) is 0 Å². The standard InChI is InChI=1S/C13H17FO3S/c1-9(12(15)17-13(2,3)4)18(16)11-7-5-10(14)6-8-11/h5-9H,1-4H3. The van der Waals surface area contributed by atoms with Gasteiger partial charge in [0, 0.05) is 4.90 Å². The van der Waals surface area contributed by atoms with Crippen molar-refractivity contribution in [1.82, 2.24) is 0 Å². The van der Waals surface area contributed by atoms with E-state index in [9.17, 15) is 13.4 Å². The Kier molecular flexibility index (Phi) is 4.62. The molecule has 2 unspecified atom stereocenters. The second-order valence-electron chi connectivity index (χ2n) is 4.93. The minimum absolute atomic E-state index is 0.402. The summed E-state index contributed by atoms with van der Waals surface area (Å²) in [4.78, 5) is 12.2. The Morgan fingerprint density at radius 2 is 1.78 bits per heavy atom. The maximum Gasteiger partial charge on any atom is 0.322 e. The van der Waals surface area contributed by atoms with Gasteiger partial charge in [0.1, 0.15) is 16.7 Å².